The quantitative estimate of drug-likeness (QED) is 0.521. The Morgan fingerprint density at radius 1 is 1.20 bits per heavy atom. The second-order valence-corrected chi connectivity index (χ2v) is 4.21. The first-order valence-electron chi connectivity index (χ1n) is 4.87. The lowest BCUT2D eigenvalue weighted by molar-refractivity contribution is 0.0344. The Labute approximate surface area is 64.0 Å². The van der Waals surface area contributed by atoms with Crippen LogP contribution in [0.5, 0.6) is 0 Å². The molecule has 1 spiro atoms. The molecule has 2 rings (SSSR count). The molecule has 0 bridgehead atoms. The van der Waals surface area contributed by atoms with Crippen LogP contribution in [-0.4, -0.2) is 0 Å². The fourth-order valence-corrected chi connectivity index (χ4v) is 3.13. The van der Waals surface area contributed by atoms with Gasteiger partial charge in [-0.15, -0.1) is 0 Å². The molecule has 1 unspecified atom stereocenters. The first kappa shape index (κ1) is 6.69. The molecular weight excluding hydrogens is 120 g/mol. The average Bonchev–Trinajstić information content (AvgIpc) is 2.35. The third kappa shape index (κ3) is 0.741. The molecular formula is C10H18. The Kier molecular flexibility index (Phi) is 1.51. The van der Waals surface area contributed by atoms with E-state index in [1.165, 1.54) is 25.7 Å². The van der Waals surface area contributed by atoms with Crippen LogP contribution in [-0.2, 0) is 0 Å². The van der Waals surface area contributed by atoms with Gasteiger partial charge in [0.1, 0.15) is 0 Å². The van der Waals surface area contributed by atoms with Crippen LogP contribution in [0.25, 0.3) is 0 Å². The fourth-order valence-electron chi connectivity index (χ4n) is 3.13. The molecule has 0 nitrogen and oxygen atoms in total. The molecule has 1 atom stereocenters. The molecule has 0 radical (unpaired) electrons. The maximum Gasteiger partial charge on any atom is -0.0269 e. The van der Waals surface area contributed by atoms with Gasteiger partial charge >= 0.3 is 0 Å². The predicted molar refractivity (Wildman–Crippen MR) is 43.9 cm³/mol. The zero-order chi connectivity index (χ0) is 7.03. The van der Waals surface area contributed by atoms with E-state index < -0.39 is 0 Å². The first-order valence-corrected chi connectivity index (χ1v) is 4.87. The Bertz CT molecular complexity index is 118. The van der Waals surface area contributed by atoms with Crippen molar-refractivity contribution in [1.82, 2.24) is 0 Å². The van der Waals surface area contributed by atoms with Crippen molar-refractivity contribution in [1.29, 1.82) is 0 Å². The van der Waals surface area contributed by atoms with Crippen molar-refractivity contribution in [2.45, 2.75) is 51.9 Å². The van der Waals surface area contributed by atoms with E-state index >= 15 is 0 Å². The molecule has 0 heterocycles. The fraction of sp³-hybridized carbons (Fsp3) is 1.00. The molecule has 10 heavy (non-hydrogen) atoms. The van der Waals surface area contributed by atoms with Gasteiger partial charge in [0.05, 0.1) is 0 Å². The van der Waals surface area contributed by atoms with E-state index in [-0.39, 0.29) is 0 Å². The van der Waals surface area contributed by atoms with Gasteiger partial charge in [-0.05, 0) is 37.0 Å². The summed E-state index contributed by atoms with van der Waals surface area (Å²) in [4.78, 5) is 0. The third-order valence-corrected chi connectivity index (χ3v) is 3.95. The Balaban J connectivity index is 2.01. The molecule has 2 aliphatic rings. The van der Waals surface area contributed by atoms with E-state index in [0.29, 0.717) is 0 Å². The van der Waals surface area contributed by atoms with Crippen molar-refractivity contribution < 1.29 is 0 Å². The molecule has 2 aliphatic carbocycles. The summed E-state index contributed by atoms with van der Waals surface area (Å²) in [6.07, 6.45) is 10.7. The summed E-state index contributed by atoms with van der Waals surface area (Å²) in [7, 11) is 0. The summed E-state index contributed by atoms with van der Waals surface area (Å²) in [5, 5.41) is 0. The monoisotopic (exact) mass is 138 g/mol. The van der Waals surface area contributed by atoms with Crippen LogP contribution in [0.3, 0.4) is 0 Å². The molecule has 0 aliphatic heterocycles. The summed E-state index contributed by atoms with van der Waals surface area (Å²) in [5.74, 6) is 1.12. The Morgan fingerprint density at radius 2 is 1.90 bits per heavy atom. The molecule has 0 aromatic rings. The molecule has 0 heteroatoms. The van der Waals surface area contributed by atoms with Gasteiger partial charge in [0.15, 0.2) is 0 Å². The topological polar surface area (TPSA) is 0 Å². The maximum absolute atomic E-state index is 2.36. The highest BCUT2D eigenvalue weighted by Gasteiger charge is 2.46. The SMILES string of the molecule is CCC1CCC12CCCC2. The lowest BCUT2D eigenvalue weighted by Crippen LogP contribution is -2.37. The molecule has 58 valence electrons. The second-order valence-electron chi connectivity index (χ2n) is 4.21. The van der Waals surface area contributed by atoms with Crippen LogP contribution < -0.4 is 0 Å². The molecule has 0 N–H and O–H groups in total. The second kappa shape index (κ2) is 2.25. The Hall–Kier alpha value is 0. The predicted octanol–water partition coefficient (Wildman–Crippen LogP) is 3.37. The van der Waals surface area contributed by atoms with Crippen molar-refractivity contribution in [3.05, 3.63) is 0 Å². The van der Waals surface area contributed by atoms with Crippen LogP contribution in [0.1, 0.15) is 51.9 Å². The van der Waals surface area contributed by atoms with Gasteiger partial charge in [-0.25, -0.2) is 0 Å². The zero-order valence-corrected chi connectivity index (χ0v) is 7.03. The van der Waals surface area contributed by atoms with Gasteiger partial charge < -0.3 is 0 Å². The highest BCUT2D eigenvalue weighted by Crippen LogP contribution is 2.58. The minimum atomic E-state index is 0.884. The van der Waals surface area contributed by atoms with E-state index in [4.69, 9.17) is 0 Å². The first-order chi connectivity index (χ1) is 4.87. The minimum Gasteiger partial charge on any atom is -0.0651 e. The van der Waals surface area contributed by atoms with Gasteiger partial charge in [-0.2, -0.15) is 0 Å². The summed E-state index contributed by atoms with van der Waals surface area (Å²) in [6, 6.07) is 0. The normalized spacial score (nSPS) is 36.3. The van der Waals surface area contributed by atoms with Gasteiger partial charge in [-0.1, -0.05) is 26.2 Å². The summed E-state index contributed by atoms with van der Waals surface area (Å²) >= 11 is 0. The van der Waals surface area contributed by atoms with Crippen LogP contribution in [0, 0.1) is 11.3 Å². The summed E-state index contributed by atoms with van der Waals surface area (Å²) in [5.41, 5.74) is 0.884. The summed E-state index contributed by atoms with van der Waals surface area (Å²) in [6.45, 7) is 2.36. The van der Waals surface area contributed by atoms with Gasteiger partial charge in [0.25, 0.3) is 0 Å². The van der Waals surface area contributed by atoms with Gasteiger partial charge in [0.2, 0.25) is 0 Å². The standard InChI is InChI=1S/C10H18/c1-2-9-5-8-10(9)6-3-4-7-10/h9H,2-8H2,1H3. The van der Waals surface area contributed by atoms with E-state index in [1.807, 2.05) is 0 Å². The lowest BCUT2D eigenvalue weighted by Gasteiger charge is -2.47. The third-order valence-electron chi connectivity index (χ3n) is 3.95. The number of hydrogen-bond donors (Lipinski definition) is 0. The summed E-state index contributed by atoms with van der Waals surface area (Å²) < 4.78 is 0. The highest BCUT2D eigenvalue weighted by molar-refractivity contribution is 4.97. The lowest BCUT2D eigenvalue weighted by atomic mass is 9.58. The van der Waals surface area contributed by atoms with Crippen molar-refractivity contribution in [3.63, 3.8) is 0 Å². The van der Waals surface area contributed by atoms with E-state index in [9.17, 15) is 0 Å². The van der Waals surface area contributed by atoms with Crippen LogP contribution in [0.15, 0.2) is 0 Å². The van der Waals surface area contributed by atoms with Crippen LogP contribution in [0.4, 0.5) is 0 Å². The molecule has 2 saturated carbocycles. The molecule has 2 fully saturated rings. The van der Waals surface area contributed by atoms with Crippen molar-refractivity contribution in [3.8, 4) is 0 Å². The molecule has 0 aromatic carbocycles. The smallest absolute Gasteiger partial charge is 0.0269 e. The van der Waals surface area contributed by atoms with Crippen molar-refractivity contribution in [2.24, 2.45) is 11.3 Å². The largest absolute Gasteiger partial charge is 0.0651 e. The van der Waals surface area contributed by atoms with Crippen molar-refractivity contribution >= 4 is 0 Å². The van der Waals surface area contributed by atoms with Gasteiger partial charge in [0, 0.05) is 0 Å². The number of rotatable bonds is 1. The van der Waals surface area contributed by atoms with Crippen LogP contribution in [0.2, 0.25) is 0 Å². The van der Waals surface area contributed by atoms with E-state index in [0.717, 1.165) is 11.3 Å². The zero-order valence-electron chi connectivity index (χ0n) is 7.03. The average molecular weight is 138 g/mol. The van der Waals surface area contributed by atoms with E-state index in [1.54, 1.807) is 19.3 Å². The molecule has 0 aromatic heterocycles. The van der Waals surface area contributed by atoms with Gasteiger partial charge in [-0.3, -0.25) is 0 Å². The minimum absolute atomic E-state index is 0.884. The molecule has 0 saturated heterocycles. The maximum atomic E-state index is 2.36. The van der Waals surface area contributed by atoms with E-state index in [2.05, 4.69) is 6.92 Å². The number of hydrogen-bond acceptors (Lipinski definition) is 0. The highest BCUT2D eigenvalue weighted by atomic mass is 14.5. The van der Waals surface area contributed by atoms with Crippen LogP contribution >= 0.6 is 0 Å². The molecule has 0 amide bonds. The Morgan fingerprint density at radius 3 is 2.30 bits per heavy atom. The van der Waals surface area contributed by atoms with Crippen molar-refractivity contribution in [2.75, 3.05) is 0 Å².